The topological polar surface area (TPSA) is 70.7 Å². The highest BCUT2D eigenvalue weighted by Gasteiger charge is 2.11. The van der Waals surface area contributed by atoms with Crippen molar-refractivity contribution in [1.29, 1.82) is 0 Å². The first-order valence-electron chi connectivity index (χ1n) is 5.66. The molecular formula is C14H15O4+. The lowest BCUT2D eigenvalue weighted by Crippen LogP contribution is -2.33. The van der Waals surface area contributed by atoms with E-state index < -0.39 is 5.63 Å². The molecule has 0 aliphatic heterocycles. The number of rotatable bonds is 2. The lowest BCUT2D eigenvalue weighted by Gasteiger charge is -2.09. The lowest BCUT2D eigenvalue weighted by molar-refractivity contribution is 0.264. The molecule has 94 valence electrons. The molecule has 0 saturated carbocycles. The van der Waals surface area contributed by atoms with Gasteiger partial charge in [-0.25, -0.2) is 4.79 Å². The molecule has 0 radical (unpaired) electrons. The quantitative estimate of drug-likeness (QED) is 0.780. The van der Waals surface area contributed by atoms with Gasteiger partial charge in [0.05, 0.1) is 11.3 Å². The molecule has 0 amide bonds. The van der Waals surface area contributed by atoms with Gasteiger partial charge < -0.3 is 14.6 Å². The third-order valence-corrected chi connectivity index (χ3v) is 2.81. The summed E-state index contributed by atoms with van der Waals surface area (Å²) in [6, 6.07) is 1.04. The van der Waals surface area contributed by atoms with E-state index in [0.29, 0.717) is 16.2 Å². The molecule has 1 atom stereocenters. The number of hydrogen-bond donors (Lipinski definition) is 2. The zero-order valence-electron chi connectivity index (χ0n) is 11.0. The lowest BCUT2D eigenvalue weighted by atomic mass is 9.99. The van der Waals surface area contributed by atoms with Crippen molar-refractivity contribution in [2.24, 2.45) is 5.92 Å². The zero-order valence-corrected chi connectivity index (χ0v) is 9.96. The maximum Gasteiger partial charge on any atom is 1.00 e. The zero-order chi connectivity index (χ0) is 13.1. The Morgan fingerprint density at radius 3 is 2.89 bits per heavy atom. The molecule has 0 aromatic carbocycles. The van der Waals surface area contributed by atoms with Gasteiger partial charge in [-0.1, -0.05) is 31.2 Å². The van der Waals surface area contributed by atoms with Gasteiger partial charge in [-0.15, -0.1) is 0 Å². The maximum atomic E-state index is 11.4. The van der Waals surface area contributed by atoms with Crippen molar-refractivity contribution in [3.05, 3.63) is 51.4 Å². The highest BCUT2D eigenvalue weighted by Crippen LogP contribution is 2.11. The van der Waals surface area contributed by atoms with E-state index in [2.05, 4.69) is 0 Å². The fourth-order valence-corrected chi connectivity index (χ4v) is 1.80. The van der Waals surface area contributed by atoms with Gasteiger partial charge >= 0.3 is 7.05 Å². The number of allylic oxidation sites excluding steroid dienone is 4. The molecule has 0 fully saturated rings. The number of aliphatic hydroxyl groups excluding tert-OH is 1. The van der Waals surface area contributed by atoms with E-state index >= 15 is 0 Å². The molecule has 2 N–H and O–H groups in total. The molecule has 0 spiro atoms. The normalized spacial score (nSPS) is 24.0. The number of fused-ring (bicyclic) bond motifs is 1. The van der Waals surface area contributed by atoms with Crippen LogP contribution in [0, 0.1) is 5.92 Å². The van der Waals surface area contributed by atoms with Crippen molar-refractivity contribution in [3.63, 3.8) is 0 Å². The van der Waals surface area contributed by atoms with Crippen LogP contribution in [-0.4, -0.2) is 16.8 Å². The van der Waals surface area contributed by atoms with Crippen LogP contribution in [0.3, 0.4) is 0 Å². The predicted octanol–water partition coefficient (Wildman–Crippen LogP) is 0.144. The van der Waals surface area contributed by atoms with Crippen molar-refractivity contribution in [3.8, 4) is 5.75 Å². The van der Waals surface area contributed by atoms with E-state index in [1.807, 2.05) is 6.92 Å². The molecule has 18 heavy (non-hydrogen) atoms. The Morgan fingerprint density at radius 2 is 2.17 bits per heavy atom. The molecule has 4 nitrogen and oxygen atoms in total. The molecule has 1 aromatic rings. The van der Waals surface area contributed by atoms with Gasteiger partial charge in [-0.3, -0.25) is 0 Å². The van der Waals surface area contributed by atoms with E-state index in [0.717, 1.165) is 6.07 Å². The molecule has 0 saturated heterocycles. The fourth-order valence-electron chi connectivity index (χ4n) is 1.80. The van der Waals surface area contributed by atoms with Gasteiger partial charge in [0.1, 0.15) is 11.2 Å². The minimum atomic E-state index is -0.611. The van der Waals surface area contributed by atoms with Gasteiger partial charge in [0.15, 0.2) is 0 Å². The van der Waals surface area contributed by atoms with Crippen LogP contribution in [0.2, 0.25) is 0 Å². The van der Waals surface area contributed by atoms with Crippen LogP contribution in [0.25, 0.3) is 11.6 Å². The summed E-state index contributed by atoms with van der Waals surface area (Å²) in [6.07, 6.45) is 8.78. The van der Waals surface area contributed by atoms with Crippen molar-refractivity contribution in [2.45, 2.75) is 6.92 Å². The average Bonchev–Trinajstić information content (AvgIpc) is 2.31. The second kappa shape index (κ2) is 5.06. The first kappa shape index (κ1) is 12.4. The first-order chi connectivity index (χ1) is 8.63. The summed E-state index contributed by atoms with van der Waals surface area (Å²) in [5, 5.41) is 19.5. The summed E-state index contributed by atoms with van der Waals surface area (Å²) >= 11 is 0. The van der Waals surface area contributed by atoms with Gasteiger partial charge in [-0.05, 0) is 6.08 Å². The smallest absolute Gasteiger partial charge is 0.507 e. The molecule has 1 aliphatic rings. The standard InChI is InChI=1S/C14H14O4/c1-9(8-15)10-5-3-2-4-6-11-12(16)7-13(17)18-14(10)11/h2-7,9,15-16H,8H2,1H3/p+1/b3-2?,4-2-,5-3-,6-4?,10-5?,11-6-,14-10-. The summed E-state index contributed by atoms with van der Waals surface area (Å²) in [5.74, 6) is -0.311. The number of aromatic hydroxyl groups is 1. The SMILES string of the molecule is CC(CO)C1=c2\oc(=O)cc(O)\c2=C\C=C/C=C\1.[H+]. The highest BCUT2D eigenvalue weighted by atomic mass is 16.4. The van der Waals surface area contributed by atoms with Crippen LogP contribution in [0.5, 0.6) is 5.75 Å². The van der Waals surface area contributed by atoms with E-state index in [4.69, 9.17) is 4.42 Å². The van der Waals surface area contributed by atoms with Crippen molar-refractivity contribution < 1.29 is 16.1 Å². The molecule has 1 heterocycles. The first-order valence-corrected chi connectivity index (χ1v) is 5.66. The van der Waals surface area contributed by atoms with E-state index in [-0.39, 0.29) is 19.7 Å². The minimum absolute atomic E-state index is 0. The van der Waals surface area contributed by atoms with Crippen molar-refractivity contribution >= 4 is 11.6 Å². The van der Waals surface area contributed by atoms with Gasteiger partial charge in [0, 0.05) is 18.1 Å². The Morgan fingerprint density at radius 1 is 1.39 bits per heavy atom. The Labute approximate surface area is 105 Å². The summed E-state index contributed by atoms with van der Waals surface area (Å²) in [6.45, 7) is 1.75. The predicted molar refractivity (Wildman–Crippen MR) is 69.4 cm³/mol. The van der Waals surface area contributed by atoms with Crippen LogP contribution in [0.1, 0.15) is 8.35 Å². The van der Waals surface area contributed by atoms with E-state index in [1.54, 1.807) is 30.4 Å². The Kier molecular flexibility index (Phi) is 3.48. The average molecular weight is 247 g/mol. The molecule has 4 heteroatoms. The maximum absolute atomic E-state index is 11.4. The Balaban J connectivity index is 0.00000180. The van der Waals surface area contributed by atoms with E-state index in [1.165, 1.54) is 0 Å². The van der Waals surface area contributed by atoms with Crippen LogP contribution in [0.15, 0.2) is 39.6 Å². The Bertz CT molecular complexity index is 682. The fraction of sp³-hybridized carbons (Fsp3) is 0.214. The second-order valence-corrected chi connectivity index (χ2v) is 4.14. The van der Waals surface area contributed by atoms with Gasteiger partial charge in [0.25, 0.3) is 0 Å². The molecule has 2 rings (SSSR count). The highest BCUT2D eigenvalue weighted by molar-refractivity contribution is 5.61. The molecular weight excluding hydrogens is 232 g/mol. The molecule has 1 aromatic heterocycles. The molecule has 1 aliphatic carbocycles. The third kappa shape index (κ3) is 2.28. The minimum Gasteiger partial charge on any atom is -0.507 e. The van der Waals surface area contributed by atoms with Crippen LogP contribution < -0.4 is 16.3 Å². The largest absolute Gasteiger partial charge is 1.00 e. The summed E-state index contributed by atoms with van der Waals surface area (Å²) in [4.78, 5) is 11.4. The number of hydrogen-bond acceptors (Lipinski definition) is 4. The van der Waals surface area contributed by atoms with Crippen LogP contribution in [0.4, 0.5) is 0 Å². The summed E-state index contributed by atoms with van der Waals surface area (Å²) in [5.41, 5.74) is 0.378. The number of aliphatic hydroxyl groups is 1. The van der Waals surface area contributed by atoms with E-state index in [9.17, 15) is 15.0 Å². The second-order valence-electron chi connectivity index (χ2n) is 4.14. The van der Waals surface area contributed by atoms with Crippen molar-refractivity contribution in [1.82, 2.24) is 0 Å². The van der Waals surface area contributed by atoms with Gasteiger partial charge in [-0.2, -0.15) is 0 Å². The molecule has 0 bridgehead atoms. The summed E-state index contributed by atoms with van der Waals surface area (Å²) < 4.78 is 5.17. The van der Waals surface area contributed by atoms with Crippen LogP contribution >= 0.6 is 0 Å². The molecule has 1 unspecified atom stereocenters. The third-order valence-electron chi connectivity index (χ3n) is 2.81. The van der Waals surface area contributed by atoms with Crippen molar-refractivity contribution in [2.75, 3.05) is 6.61 Å². The van der Waals surface area contributed by atoms with Crippen LogP contribution in [-0.2, 0) is 0 Å². The van der Waals surface area contributed by atoms with Gasteiger partial charge in [0.2, 0.25) is 0 Å². The summed E-state index contributed by atoms with van der Waals surface area (Å²) in [7, 11) is 0. The Hall–Kier alpha value is -2.07. The monoisotopic (exact) mass is 247 g/mol.